The highest BCUT2D eigenvalue weighted by Gasteiger charge is 2.06. The predicted octanol–water partition coefficient (Wildman–Crippen LogP) is 5.42. The number of aromatic nitrogens is 3. The van der Waals surface area contributed by atoms with Gasteiger partial charge in [-0.2, -0.15) is 0 Å². The summed E-state index contributed by atoms with van der Waals surface area (Å²) in [5.74, 6) is 1.56. The molecule has 2 heterocycles. The lowest BCUT2D eigenvalue weighted by molar-refractivity contribution is 0.306. The third-order valence-corrected chi connectivity index (χ3v) is 4.52. The molecule has 0 saturated carbocycles. The second-order valence-corrected chi connectivity index (χ2v) is 7.03. The first-order chi connectivity index (χ1) is 13.2. The van der Waals surface area contributed by atoms with Crippen LogP contribution in [0.3, 0.4) is 0 Å². The molecular weight excluding hydrogens is 404 g/mol. The molecule has 0 aliphatic heterocycles. The summed E-state index contributed by atoms with van der Waals surface area (Å²) in [5.41, 5.74) is 3.61. The van der Waals surface area contributed by atoms with Crippen LogP contribution in [0.15, 0.2) is 71.5 Å². The Kier molecular flexibility index (Phi) is 4.98. The molecule has 0 fully saturated rings. The van der Waals surface area contributed by atoms with E-state index >= 15 is 0 Å². The van der Waals surface area contributed by atoms with Gasteiger partial charge in [-0.15, -0.1) is 0 Å². The van der Waals surface area contributed by atoms with E-state index in [1.54, 1.807) is 0 Å². The fraction of sp³-hybridized carbons (Fsp3) is 0.0952. The van der Waals surface area contributed by atoms with Crippen molar-refractivity contribution >= 4 is 38.5 Å². The fourth-order valence-electron chi connectivity index (χ4n) is 2.74. The standard InChI is InChI=1S/C21H17BrN4O/c1-14-8-9-19-20(25-14)23-13-24-21(19)26-17-6-2-4-15(10-17)12-27-18-7-3-5-16(22)11-18/h2-11,13H,12H2,1H3,(H,23,24,25,26). The molecule has 0 atom stereocenters. The molecule has 0 unspecified atom stereocenters. The molecule has 5 nitrogen and oxygen atoms in total. The second-order valence-electron chi connectivity index (χ2n) is 6.12. The van der Waals surface area contributed by atoms with Crippen LogP contribution in [0.1, 0.15) is 11.3 Å². The number of nitrogens with zero attached hydrogens (tertiary/aromatic N) is 3. The minimum atomic E-state index is 0.483. The highest BCUT2D eigenvalue weighted by molar-refractivity contribution is 9.10. The predicted molar refractivity (Wildman–Crippen MR) is 110 cm³/mol. The van der Waals surface area contributed by atoms with Gasteiger partial charge in [0.15, 0.2) is 5.65 Å². The number of hydrogen-bond donors (Lipinski definition) is 1. The van der Waals surface area contributed by atoms with Crippen molar-refractivity contribution in [3.63, 3.8) is 0 Å². The number of fused-ring (bicyclic) bond motifs is 1. The second kappa shape index (κ2) is 7.72. The number of ether oxygens (including phenoxy) is 1. The number of pyridine rings is 1. The summed E-state index contributed by atoms with van der Waals surface area (Å²) < 4.78 is 6.86. The molecule has 0 amide bonds. The average Bonchev–Trinajstić information content (AvgIpc) is 2.67. The van der Waals surface area contributed by atoms with E-state index in [0.717, 1.165) is 38.4 Å². The van der Waals surface area contributed by atoms with Gasteiger partial charge in [0.2, 0.25) is 0 Å². The van der Waals surface area contributed by atoms with Gasteiger partial charge in [0.1, 0.15) is 24.5 Å². The Balaban J connectivity index is 1.53. The van der Waals surface area contributed by atoms with Crippen molar-refractivity contribution < 1.29 is 4.74 Å². The smallest absolute Gasteiger partial charge is 0.164 e. The first kappa shape index (κ1) is 17.4. The number of hydrogen-bond acceptors (Lipinski definition) is 5. The van der Waals surface area contributed by atoms with E-state index < -0.39 is 0 Å². The van der Waals surface area contributed by atoms with Crippen LogP contribution in [0.4, 0.5) is 11.5 Å². The molecule has 0 radical (unpaired) electrons. The van der Waals surface area contributed by atoms with Gasteiger partial charge in [0, 0.05) is 15.9 Å². The number of halogens is 1. The topological polar surface area (TPSA) is 59.9 Å². The molecule has 0 aliphatic rings. The molecule has 2 aromatic heterocycles. The quantitative estimate of drug-likeness (QED) is 0.467. The van der Waals surface area contributed by atoms with Gasteiger partial charge in [-0.1, -0.05) is 34.1 Å². The van der Waals surface area contributed by atoms with E-state index in [0.29, 0.717) is 12.3 Å². The van der Waals surface area contributed by atoms with E-state index in [2.05, 4.69) is 36.2 Å². The summed E-state index contributed by atoms with van der Waals surface area (Å²) in [5, 5.41) is 4.25. The normalized spacial score (nSPS) is 10.7. The van der Waals surface area contributed by atoms with E-state index in [1.807, 2.05) is 67.6 Å². The van der Waals surface area contributed by atoms with Gasteiger partial charge in [0.25, 0.3) is 0 Å². The van der Waals surface area contributed by atoms with Crippen LogP contribution in [0, 0.1) is 6.92 Å². The summed E-state index contributed by atoms with van der Waals surface area (Å²) in [4.78, 5) is 13.1. The summed E-state index contributed by atoms with van der Waals surface area (Å²) in [6.07, 6.45) is 1.53. The lowest BCUT2D eigenvalue weighted by atomic mass is 10.2. The molecule has 1 N–H and O–H groups in total. The Labute approximate surface area is 165 Å². The fourth-order valence-corrected chi connectivity index (χ4v) is 3.11. The monoisotopic (exact) mass is 420 g/mol. The average molecular weight is 421 g/mol. The van der Waals surface area contributed by atoms with Crippen molar-refractivity contribution in [1.82, 2.24) is 15.0 Å². The molecule has 4 aromatic rings. The van der Waals surface area contributed by atoms with Crippen LogP contribution in [-0.4, -0.2) is 15.0 Å². The Morgan fingerprint density at radius 2 is 1.89 bits per heavy atom. The van der Waals surface area contributed by atoms with E-state index in [1.165, 1.54) is 6.33 Å². The molecule has 6 heteroatoms. The summed E-state index contributed by atoms with van der Waals surface area (Å²) in [7, 11) is 0. The Morgan fingerprint density at radius 3 is 2.78 bits per heavy atom. The van der Waals surface area contributed by atoms with Crippen LogP contribution in [0.2, 0.25) is 0 Å². The van der Waals surface area contributed by atoms with Crippen LogP contribution in [-0.2, 0) is 6.61 Å². The maximum atomic E-state index is 5.87. The number of rotatable bonds is 5. The third kappa shape index (κ3) is 4.23. The van der Waals surface area contributed by atoms with Gasteiger partial charge in [-0.3, -0.25) is 0 Å². The molecule has 0 saturated heterocycles. The zero-order valence-corrected chi connectivity index (χ0v) is 16.3. The molecule has 0 aliphatic carbocycles. The first-order valence-corrected chi connectivity index (χ1v) is 9.29. The molecule has 27 heavy (non-hydrogen) atoms. The van der Waals surface area contributed by atoms with E-state index in [-0.39, 0.29) is 0 Å². The van der Waals surface area contributed by atoms with E-state index in [9.17, 15) is 0 Å². The summed E-state index contributed by atoms with van der Waals surface area (Å²) in [6, 6.07) is 19.8. The van der Waals surface area contributed by atoms with Gasteiger partial charge in [-0.05, 0) is 55.0 Å². The van der Waals surface area contributed by atoms with Crippen LogP contribution in [0.5, 0.6) is 5.75 Å². The van der Waals surface area contributed by atoms with Gasteiger partial charge >= 0.3 is 0 Å². The lowest BCUT2D eigenvalue weighted by Gasteiger charge is -2.11. The molecular formula is C21H17BrN4O. The maximum Gasteiger partial charge on any atom is 0.164 e. The van der Waals surface area contributed by atoms with Crippen molar-refractivity contribution in [2.24, 2.45) is 0 Å². The summed E-state index contributed by atoms with van der Waals surface area (Å²) in [6.45, 7) is 2.43. The third-order valence-electron chi connectivity index (χ3n) is 4.03. The zero-order chi connectivity index (χ0) is 18.6. The van der Waals surface area contributed by atoms with Crippen molar-refractivity contribution in [3.8, 4) is 5.75 Å². The SMILES string of the molecule is Cc1ccc2c(Nc3cccc(COc4cccc(Br)c4)c3)ncnc2n1. The molecule has 0 bridgehead atoms. The van der Waals surface area contributed by atoms with Crippen LogP contribution in [0.25, 0.3) is 11.0 Å². The minimum Gasteiger partial charge on any atom is -0.489 e. The molecule has 0 spiro atoms. The maximum absolute atomic E-state index is 5.87. The number of aryl methyl sites for hydroxylation is 1. The van der Waals surface area contributed by atoms with Crippen LogP contribution >= 0.6 is 15.9 Å². The largest absolute Gasteiger partial charge is 0.489 e. The Bertz CT molecular complexity index is 1100. The molecule has 2 aromatic carbocycles. The van der Waals surface area contributed by atoms with Crippen molar-refractivity contribution in [2.75, 3.05) is 5.32 Å². The van der Waals surface area contributed by atoms with Gasteiger partial charge in [-0.25, -0.2) is 15.0 Å². The van der Waals surface area contributed by atoms with Crippen LogP contribution < -0.4 is 10.1 Å². The van der Waals surface area contributed by atoms with Gasteiger partial charge in [0.05, 0.1) is 5.39 Å². The zero-order valence-electron chi connectivity index (χ0n) is 14.7. The molecule has 134 valence electrons. The number of anilines is 2. The van der Waals surface area contributed by atoms with E-state index in [4.69, 9.17) is 4.74 Å². The minimum absolute atomic E-state index is 0.483. The Morgan fingerprint density at radius 1 is 1.00 bits per heavy atom. The van der Waals surface area contributed by atoms with Crippen molar-refractivity contribution in [1.29, 1.82) is 0 Å². The lowest BCUT2D eigenvalue weighted by Crippen LogP contribution is -1.99. The van der Waals surface area contributed by atoms with Crippen molar-refractivity contribution in [2.45, 2.75) is 13.5 Å². The highest BCUT2D eigenvalue weighted by Crippen LogP contribution is 2.24. The Hall–Kier alpha value is -2.99. The number of nitrogens with one attached hydrogen (secondary N) is 1. The highest BCUT2D eigenvalue weighted by atomic mass is 79.9. The van der Waals surface area contributed by atoms with Crippen molar-refractivity contribution in [3.05, 3.63) is 82.7 Å². The van der Waals surface area contributed by atoms with Gasteiger partial charge < -0.3 is 10.1 Å². The number of benzene rings is 2. The first-order valence-electron chi connectivity index (χ1n) is 8.50. The summed E-state index contributed by atoms with van der Waals surface area (Å²) >= 11 is 3.45. The molecule has 4 rings (SSSR count).